The van der Waals surface area contributed by atoms with Gasteiger partial charge in [0.15, 0.2) is 5.96 Å². The van der Waals surface area contributed by atoms with Crippen LogP contribution in [0.3, 0.4) is 0 Å². The second kappa shape index (κ2) is 12.4. The number of carbonyl (C=O) groups is 1. The van der Waals surface area contributed by atoms with E-state index in [1.165, 1.54) is 44.5 Å². The van der Waals surface area contributed by atoms with Crippen molar-refractivity contribution < 1.29 is 4.79 Å². The number of hydrogen-bond donors (Lipinski definition) is 2. The van der Waals surface area contributed by atoms with E-state index in [4.69, 9.17) is 0 Å². The number of nitrogens with zero attached hydrogens (tertiary/aromatic N) is 4. The maximum Gasteiger partial charge on any atom is 0.242 e. The predicted molar refractivity (Wildman–Crippen MR) is 124 cm³/mol. The standard InChI is InChI=1S/C23H38N6O/c1-24-23(25-12-9-15-27-13-7-2-3-8-14-27)26-20-22(30)29-18-16-28(17-19-29)21-10-5-4-6-11-21/h4-6,10-11H,2-3,7-9,12-20H2,1H3,(H2,24,25,26). The molecular weight excluding hydrogens is 376 g/mol. The van der Waals surface area contributed by atoms with E-state index < -0.39 is 0 Å². The lowest BCUT2D eigenvalue weighted by Gasteiger charge is -2.36. The number of anilines is 1. The summed E-state index contributed by atoms with van der Waals surface area (Å²) in [4.78, 5) is 23.7. The average Bonchev–Trinajstić information content (AvgIpc) is 3.08. The molecule has 2 saturated heterocycles. The molecule has 7 heteroatoms. The van der Waals surface area contributed by atoms with Crippen molar-refractivity contribution >= 4 is 17.6 Å². The van der Waals surface area contributed by atoms with Crippen molar-refractivity contribution in [2.24, 2.45) is 4.99 Å². The molecule has 2 fully saturated rings. The highest BCUT2D eigenvalue weighted by atomic mass is 16.2. The van der Waals surface area contributed by atoms with Gasteiger partial charge in [-0.1, -0.05) is 31.0 Å². The van der Waals surface area contributed by atoms with Crippen molar-refractivity contribution in [2.45, 2.75) is 32.1 Å². The third-order valence-corrected chi connectivity index (χ3v) is 6.03. The first-order chi connectivity index (χ1) is 14.8. The van der Waals surface area contributed by atoms with E-state index in [0.29, 0.717) is 5.96 Å². The Labute approximate surface area is 181 Å². The van der Waals surface area contributed by atoms with Crippen LogP contribution < -0.4 is 15.5 Å². The van der Waals surface area contributed by atoms with Gasteiger partial charge < -0.3 is 25.3 Å². The highest BCUT2D eigenvalue weighted by Gasteiger charge is 2.21. The Balaban J connectivity index is 1.30. The maximum atomic E-state index is 12.6. The molecule has 0 saturated carbocycles. The molecule has 0 atom stereocenters. The zero-order valence-electron chi connectivity index (χ0n) is 18.5. The van der Waals surface area contributed by atoms with Crippen molar-refractivity contribution in [3.05, 3.63) is 30.3 Å². The molecule has 2 N–H and O–H groups in total. The van der Waals surface area contributed by atoms with Crippen LogP contribution in [0.25, 0.3) is 0 Å². The zero-order valence-corrected chi connectivity index (χ0v) is 18.5. The number of piperazine rings is 1. The van der Waals surface area contributed by atoms with Gasteiger partial charge in [0.2, 0.25) is 5.91 Å². The fourth-order valence-electron chi connectivity index (χ4n) is 4.21. The van der Waals surface area contributed by atoms with Crippen LogP contribution in [0.15, 0.2) is 35.3 Å². The SMILES string of the molecule is CN=C(NCCCN1CCCCCC1)NCC(=O)N1CCN(c2ccccc2)CC1. The molecule has 0 aliphatic carbocycles. The Hall–Kier alpha value is -2.28. The van der Waals surface area contributed by atoms with Crippen molar-refractivity contribution in [1.82, 2.24) is 20.4 Å². The Bertz CT molecular complexity index is 649. The maximum absolute atomic E-state index is 12.6. The number of rotatable bonds is 7. The topological polar surface area (TPSA) is 63.2 Å². The van der Waals surface area contributed by atoms with Crippen LogP contribution in [0.2, 0.25) is 0 Å². The van der Waals surface area contributed by atoms with E-state index in [-0.39, 0.29) is 12.5 Å². The van der Waals surface area contributed by atoms with Gasteiger partial charge in [-0.2, -0.15) is 0 Å². The molecule has 0 bridgehead atoms. The number of guanidine groups is 1. The lowest BCUT2D eigenvalue weighted by atomic mass is 10.2. The minimum Gasteiger partial charge on any atom is -0.368 e. The van der Waals surface area contributed by atoms with Gasteiger partial charge in [0.05, 0.1) is 6.54 Å². The molecule has 1 aromatic rings. The van der Waals surface area contributed by atoms with Crippen molar-refractivity contribution in [1.29, 1.82) is 0 Å². The Morgan fingerprint density at radius 3 is 2.30 bits per heavy atom. The second-order valence-electron chi connectivity index (χ2n) is 8.17. The predicted octanol–water partition coefficient (Wildman–Crippen LogP) is 1.77. The molecule has 166 valence electrons. The quantitative estimate of drug-likeness (QED) is 0.404. The molecule has 1 aromatic carbocycles. The molecule has 2 heterocycles. The van der Waals surface area contributed by atoms with Gasteiger partial charge >= 0.3 is 0 Å². The summed E-state index contributed by atoms with van der Waals surface area (Å²) in [5.41, 5.74) is 1.23. The molecule has 0 aromatic heterocycles. The van der Waals surface area contributed by atoms with E-state index in [9.17, 15) is 4.79 Å². The summed E-state index contributed by atoms with van der Waals surface area (Å²) < 4.78 is 0. The Morgan fingerprint density at radius 2 is 1.63 bits per heavy atom. The summed E-state index contributed by atoms with van der Waals surface area (Å²) in [6, 6.07) is 10.4. The van der Waals surface area contributed by atoms with Crippen LogP contribution >= 0.6 is 0 Å². The summed E-state index contributed by atoms with van der Waals surface area (Å²) in [5.74, 6) is 0.845. The largest absolute Gasteiger partial charge is 0.368 e. The van der Waals surface area contributed by atoms with Gasteiger partial charge in [-0.3, -0.25) is 9.79 Å². The zero-order chi connectivity index (χ0) is 21.0. The number of aliphatic imine (C=N–C) groups is 1. The molecule has 0 spiro atoms. The molecule has 2 aliphatic rings. The molecule has 2 aliphatic heterocycles. The van der Waals surface area contributed by atoms with Crippen LogP contribution in [-0.2, 0) is 4.79 Å². The number of benzene rings is 1. The van der Waals surface area contributed by atoms with E-state index >= 15 is 0 Å². The van der Waals surface area contributed by atoms with Crippen molar-refractivity contribution in [3.63, 3.8) is 0 Å². The molecule has 0 radical (unpaired) electrons. The van der Waals surface area contributed by atoms with Gasteiger partial charge in [-0.25, -0.2) is 0 Å². The lowest BCUT2D eigenvalue weighted by molar-refractivity contribution is -0.130. The first-order valence-electron chi connectivity index (χ1n) is 11.5. The van der Waals surface area contributed by atoms with Crippen LogP contribution in [0.4, 0.5) is 5.69 Å². The number of para-hydroxylation sites is 1. The van der Waals surface area contributed by atoms with Gasteiger partial charge in [-0.05, 0) is 51.0 Å². The number of amides is 1. The van der Waals surface area contributed by atoms with E-state index in [2.05, 4.69) is 49.7 Å². The van der Waals surface area contributed by atoms with Crippen LogP contribution in [-0.4, -0.2) is 87.6 Å². The minimum absolute atomic E-state index is 0.134. The van der Waals surface area contributed by atoms with Crippen molar-refractivity contribution in [3.8, 4) is 0 Å². The molecule has 30 heavy (non-hydrogen) atoms. The van der Waals surface area contributed by atoms with Crippen molar-refractivity contribution in [2.75, 3.05) is 70.9 Å². The van der Waals surface area contributed by atoms with Gasteiger partial charge in [0.25, 0.3) is 0 Å². The number of likely N-dealkylation sites (tertiary alicyclic amines) is 1. The average molecular weight is 415 g/mol. The number of hydrogen-bond acceptors (Lipinski definition) is 4. The summed E-state index contributed by atoms with van der Waals surface area (Å²) in [5, 5.41) is 6.52. The van der Waals surface area contributed by atoms with Gasteiger partial charge in [0.1, 0.15) is 0 Å². The third-order valence-electron chi connectivity index (χ3n) is 6.03. The highest BCUT2D eigenvalue weighted by molar-refractivity contribution is 5.86. The summed E-state index contributed by atoms with van der Waals surface area (Å²) in [6.07, 6.45) is 6.51. The Kier molecular flexibility index (Phi) is 9.28. The molecule has 3 rings (SSSR count). The Morgan fingerprint density at radius 1 is 0.933 bits per heavy atom. The van der Waals surface area contributed by atoms with E-state index in [0.717, 1.165) is 45.7 Å². The smallest absolute Gasteiger partial charge is 0.242 e. The summed E-state index contributed by atoms with van der Waals surface area (Å²) in [7, 11) is 1.76. The number of nitrogens with one attached hydrogen (secondary N) is 2. The molecular formula is C23H38N6O. The fraction of sp³-hybridized carbons (Fsp3) is 0.652. The van der Waals surface area contributed by atoms with Gasteiger partial charge in [0, 0.05) is 45.5 Å². The third kappa shape index (κ3) is 7.20. The van der Waals surface area contributed by atoms with E-state index in [1.54, 1.807) is 7.05 Å². The van der Waals surface area contributed by atoms with Gasteiger partial charge in [-0.15, -0.1) is 0 Å². The van der Waals surface area contributed by atoms with Crippen LogP contribution in [0.5, 0.6) is 0 Å². The number of carbonyl (C=O) groups excluding carboxylic acids is 1. The summed E-state index contributed by atoms with van der Waals surface area (Å²) >= 11 is 0. The highest BCUT2D eigenvalue weighted by Crippen LogP contribution is 2.15. The molecule has 0 unspecified atom stereocenters. The van der Waals surface area contributed by atoms with Crippen LogP contribution in [0.1, 0.15) is 32.1 Å². The second-order valence-corrected chi connectivity index (χ2v) is 8.17. The first kappa shape index (κ1) is 22.4. The lowest BCUT2D eigenvalue weighted by Crippen LogP contribution is -2.52. The monoisotopic (exact) mass is 414 g/mol. The molecule has 1 amide bonds. The first-order valence-corrected chi connectivity index (χ1v) is 11.5. The van der Waals surface area contributed by atoms with Crippen LogP contribution in [0, 0.1) is 0 Å². The normalized spacial score (nSPS) is 18.8. The van der Waals surface area contributed by atoms with E-state index in [1.807, 2.05) is 11.0 Å². The minimum atomic E-state index is 0.134. The summed E-state index contributed by atoms with van der Waals surface area (Å²) in [6.45, 7) is 8.04. The molecule has 7 nitrogen and oxygen atoms in total. The fourth-order valence-corrected chi connectivity index (χ4v) is 4.21.